The Labute approximate surface area is 227 Å². The van der Waals surface area contributed by atoms with Crippen LogP contribution in [-0.2, 0) is 0 Å². The topological polar surface area (TPSA) is 8.82 Å². The Hall–Kier alpha value is -5.34. The Morgan fingerprint density at radius 2 is 0.950 bits per heavy atom. The van der Waals surface area contributed by atoms with Crippen LogP contribution in [0.1, 0.15) is 0 Å². The van der Waals surface area contributed by atoms with Gasteiger partial charge >= 0.3 is 0 Å². The molecule has 40 heavy (non-hydrogen) atoms. The number of fused-ring (bicyclic) bond motifs is 16. The van der Waals surface area contributed by atoms with Crippen LogP contribution in [0.4, 0.5) is 0 Å². The van der Waals surface area contributed by atoms with Gasteiger partial charge in [0.25, 0.3) is 0 Å². The number of hydrogen-bond acceptors (Lipinski definition) is 0. The molecule has 0 atom stereocenters. The predicted molar refractivity (Wildman–Crippen MR) is 171 cm³/mol. The maximum absolute atomic E-state index is 2.57. The molecule has 0 bridgehead atoms. The second-order valence-electron chi connectivity index (χ2n) is 11.3. The SMILES string of the molecule is c1ccc2c(c1)cc1c3cc4c5cccc6c7ccccc7n(c4cc3n3c4c7ccccc7ccc4c2c13)c65. The molecule has 0 saturated carbocycles. The fraction of sp³-hybridized carbons (Fsp3) is 0. The van der Waals surface area contributed by atoms with E-state index in [9.17, 15) is 0 Å². The van der Waals surface area contributed by atoms with Crippen molar-refractivity contribution in [1.82, 2.24) is 8.80 Å². The Bertz CT molecular complexity index is 2860. The minimum atomic E-state index is 1.28. The van der Waals surface area contributed by atoms with Gasteiger partial charge in [0.15, 0.2) is 0 Å². The molecule has 0 aliphatic heterocycles. The molecule has 7 aromatic carbocycles. The van der Waals surface area contributed by atoms with Crippen LogP contribution in [0, 0.1) is 0 Å². The fourth-order valence-corrected chi connectivity index (χ4v) is 7.96. The first kappa shape index (κ1) is 19.7. The average molecular weight is 505 g/mol. The zero-order chi connectivity index (χ0) is 25.7. The molecular formula is C38H20N2. The molecule has 2 nitrogen and oxygen atoms in total. The summed E-state index contributed by atoms with van der Waals surface area (Å²) < 4.78 is 5.06. The number of benzene rings is 7. The molecule has 11 rings (SSSR count). The van der Waals surface area contributed by atoms with E-state index in [4.69, 9.17) is 0 Å². The summed E-state index contributed by atoms with van der Waals surface area (Å²) in [5.41, 5.74) is 7.80. The van der Waals surface area contributed by atoms with Gasteiger partial charge in [0, 0.05) is 48.5 Å². The van der Waals surface area contributed by atoms with Crippen LogP contribution in [0.15, 0.2) is 121 Å². The normalized spacial score (nSPS) is 13.0. The van der Waals surface area contributed by atoms with E-state index in [1.807, 2.05) is 0 Å². The van der Waals surface area contributed by atoms with Gasteiger partial charge in [-0.3, -0.25) is 0 Å². The van der Waals surface area contributed by atoms with Crippen LogP contribution in [0.25, 0.3) is 97.7 Å². The van der Waals surface area contributed by atoms with Crippen molar-refractivity contribution in [3.63, 3.8) is 0 Å². The Kier molecular flexibility index (Phi) is 3.17. The molecule has 4 aromatic heterocycles. The summed E-state index contributed by atoms with van der Waals surface area (Å²) in [6.45, 7) is 0. The van der Waals surface area contributed by atoms with Crippen molar-refractivity contribution in [1.29, 1.82) is 0 Å². The van der Waals surface area contributed by atoms with Crippen molar-refractivity contribution in [3.8, 4) is 0 Å². The van der Waals surface area contributed by atoms with E-state index in [0.29, 0.717) is 0 Å². The van der Waals surface area contributed by atoms with E-state index >= 15 is 0 Å². The van der Waals surface area contributed by atoms with Gasteiger partial charge < -0.3 is 8.80 Å². The van der Waals surface area contributed by atoms with Gasteiger partial charge in [-0.25, -0.2) is 0 Å². The summed E-state index contributed by atoms with van der Waals surface area (Å²) >= 11 is 0. The van der Waals surface area contributed by atoms with E-state index in [2.05, 4.69) is 130 Å². The standard InChI is InChI=1S/C38H20N2/c1-4-11-24-21(8-1)16-17-28-35-23-10-3-2-9-22(23)18-31-30-19-29-27-14-7-13-26-25-12-5-6-15-32(25)39(37(26)27)33(29)20-34(30)40(36(24)28)38(31)35/h1-20H. The lowest BCUT2D eigenvalue weighted by Crippen LogP contribution is -1.85. The summed E-state index contributed by atoms with van der Waals surface area (Å²) in [5.74, 6) is 0. The molecular weight excluding hydrogens is 484 g/mol. The number of para-hydroxylation sites is 2. The monoisotopic (exact) mass is 504 g/mol. The number of nitrogens with zero attached hydrogens (tertiary/aromatic N) is 2. The lowest BCUT2D eigenvalue weighted by molar-refractivity contribution is 1.35. The van der Waals surface area contributed by atoms with E-state index in [1.165, 1.54) is 97.7 Å². The minimum absolute atomic E-state index is 1.28. The Morgan fingerprint density at radius 1 is 0.300 bits per heavy atom. The van der Waals surface area contributed by atoms with Gasteiger partial charge in [-0.05, 0) is 40.4 Å². The summed E-state index contributed by atoms with van der Waals surface area (Å²) in [7, 11) is 0. The van der Waals surface area contributed by atoms with E-state index in [1.54, 1.807) is 0 Å². The first-order valence-corrected chi connectivity index (χ1v) is 14.0. The summed E-state index contributed by atoms with van der Waals surface area (Å²) in [5, 5.41) is 15.9. The zero-order valence-electron chi connectivity index (χ0n) is 21.4. The molecule has 0 unspecified atom stereocenters. The second kappa shape index (κ2) is 6.44. The van der Waals surface area contributed by atoms with Crippen molar-refractivity contribution < 1.29 is 0 Å². The lowest BCUT2D eigenvalue weighted by atomic mass is 9.98. The van der Waals surface area contributed by atoms with Gasteiger partial charge in [0.05, 0.1) is 33.1 Å². The predicted octanol–water partition coefficient (Wildman–Crippen LogP) is 10.3. The highest BCUT2D eigenvalue weighted by Crippen LogP contribution is 2.47. The molecule has 182 valence electrons. The van der Waals surface area contributed by atoms with Crippen LogP contribution in [0.3, 0.4) is 0 Å². The molecule has 0 aliphatic carbocycles. The van der Waals surface area contributed by atoms with Crippen LogP contribution in [0.2, 0.25) is 0 Å². The third-order valence-electron chi connectivity index (χ3n) is 9.51. The largest absolute Gasteiger partial charge is 0.308 e. The third-order valence-corrected chi connectivity index (χ3v) is 9.51. The zero-order valence-corrected chi connectivity index (χ0v) is 21.4. The molecule has 0 amide bonds. The smallest absolute Gasteiger partial charge is 0.0627 e. The van der Waals surface area contributed by atoms with Crippen LogP contribution >= 0.6 is 0 Å². The van der Waals surface area contributed by atoms with Crippen molar-refractivity contribution in [2.24, 2.45) is 0 Å². The Balaban J connectivity index is 1.50. The molecule has 0 fully saturated rings. The van der Waals surface area contributed by atoms with E-state index in [-0.39, 0.29) is 0 Å². The number of rotatable bonds is 0. The molecule has 0 radical (unpaired) electrons. The van der Waals surface area contributed by atoms with Crippen LogP contribution < -0.4 is 0 Å². The van der Waals surface area contributed by atoms with Crippen molar-refractivity contribution in [3.05, 3.63) is 121 Å². The van der Waals surface area contributed by atoms with E-state index < -0.39 is 0 Å². The third kappa shape index (κ3) is 2.04. The van der Waals surface area contributed by atoms with Gasteiger partial charge in [-0.15, -0.1) is 0 Å². The minimum Gasteiger partial charge on any atom is -0.308 e. The van der Waals surface area contributed by atoms with Crippen LogP contribution in [-0.4, -0.2) is 8.80 Å². The fourth-order valence-electron chi connectivity index (χ4n) is 7.96. The highest BCUT2D eigenvalue weighted by molar-refractivity contribution is 6.35. The first-order chi connectivity index (χ1) is 19.9. The quantitative estimate of drug-likeness (QED) is 0.194. The maximum atomic E-state index is 2.57. The second-order valence-corrected chi connectivity index (χ2v) is 11.3. The van der Waals surface area contributed by atoms with Crippen molar-refractivity contribution >= 4 is 97.7 Å². The molecule has 2 heteroatoms. The average Bonchev–Trinajstić information content (AvgIpc) is 3.72. The summed E-state index contributed by atoms with van der Waals surface area (Å²) in [6.07, 6.45) is 0. The Morgan fingerprint density at radius 3 is 1.85 bits per heavy atom. The van der Waals surface area contributed by atoms with Gasteiger partial charge in [0.2, 0.25) is 0 Å². The highest BCUT2D eigenvalue weighted by atomic mass is 14.9. The lowest BCUT2D eigenvalue weighted by Gasteiger charge is -2.05. The van der Waals surface area contributed by atoms with Crippen LogP contribution in [0.5, 0.6) is 0 Å². The maximum Gasteiger partial charge on any atom is 0.0627 e. The van der Waals surface area contributed by atoms with Gasteiger partial charge in [-0.1, -0.05) is 97.1 Å². The van der Waals surface area contributed by atoms with Gasteiger partial charge in [0.1, 0.15) is 0 Å². The number of hydrogen-bond donors (Lipinski definition) is 0. The molecule has 4 heterocycles. The van der Waals surface area contributed by atoms with Crippen molar-refractivity contribution in [2.75, 3.05) is 0 Å². The molecule has 0 saturated heterocycles. The first-order valence-electron chi connectivity index (χ1n) is 14.0. The highest BCUT2D eigenvalue weighted by Gasteiger charge is 2.24. The summed E-state index contributed by atoms with van der Waals surface area (Å²) in [4.78, 5) is 0. The molecule has 0 aliphatic rings. The summed E-state index contributed by atoms with van der Waals surface area (Å²) in [6, 6.07) is 45.3. The van der Waals surface area contributed by atoms with Gasteiger partial charge in [-0.2, -0.15) is 0 Å². The van der Waals surface area contributed by atoms with Crippen molar-refractivity contribution in [2.45, 2.75) is 0 Å². The molecule has 0 N–H and O–H groups in total. The van der Waals surface area contributed by atoms with E-state index in [0.717, 1.165) is 0 Å². The molecule has 0 spiro atoms. The molecule has 11 aromatic rings. The number of aromatic nitrogens is 2.